The number of morpholine rings is 1. The summed E-state index contributed by atoms with van der Waals surface area (Å²) in [6, 6.07) is 10.0. The monoisotopic (exact) mass is 354 g/mol. The van der Waals surface area contributed by atoms with Gasteiger partial charge in [0.15, 0.2) is 0 Å². The Balaban J connectivity index is 1.47. The molecule has 1 aliphatic heterocycles. The fourth-order valence-electron chi connectivity index (χ4n) is 4.11. The van der Waals surface area contributed by atoms with Crippen LogP contribution in [0.15, 0.2) is 49.1 Å². The molecule has 2 aliphatic rings. The lowest BCUT2D eigenvalue weighted by atomic mass is 10.00. The minimum Gasteiger partial charge on any atom is -0.371 e. The number of rotatable bonds is 4. The normalized spacial score (nSPS) is 20.2. The molecule has 0 bridgehead atoms. The number of amides is 2. The third-order valence-corrected chi connectivity index (χ3v) is 5.50. The van der Waals surface area contributed by atoms with E-state index < -0.39 is 0 Å². The average Bonchev–Trinajstić information content (AvgIpc) is 3.34. The summed E-state index contributed by atoms with van der Waals surface area (Å²) in [5.74, 6) is 0. The lowest BCUT2D eigenvalue weighted by molar-refractivity contribution is -0.0927. The van der Waals surface area contributed by atoms with E-state index in [2.05, 4.69) is 22.4 Å². The second-order valence-corrected chi connectivity index (χ2v) is 7.33. The average molecular weight is 354 g/mol. The van der Waals surface area contributed by atoms with Crippen molar-refractivity contribution in [2.24, 2.45) is 0 Å². The van der Waals surface area contributed by atoms with E-state index in [0.29, 0.717) is 26.2 Å². The summed E-state index contributed by atoms with van der Waals surface area (Å²) in [5, 5.41) is 3.23. The minimum absolute atomic E-state index is 0.00598. The van der Waals surface area contributed by atoms with Gasteiger partial charge in [0.25, 0.3) is 0 Å². The molecule has 1 saturated carbocycles. The van der Waals surface area contributed by atoms with Crippen molar-refractivity contribution >= 4 is 6.03 Å². The van der Waals surface area contributed by atoms with Gasteiger partial charge in [-0.15, -0.1) is 0 Å². The number of imidazole rings is 1. The van der Waals surface area contributed by atoms with Crippen LogP contribution in [0.5, 0.6) is 0 Å². The van der Waals surface area contributed by atoms with Crippen LogP contribution in [-0.2, 0) is 11.3 Å². The summed E-state index contributed by atoms with van der Waals surface area (Å²) in [7, 11) is 0. The molecule has 6 nitrogen and oxygen atoms in total. The summed E-state index contributed by atoms with van der Waals surface area (Å²) in [6.45, 7) is 2.64. The number of benzene rings is 1. The third-order valence-electron chi connectivity index (χ3n) is 5.50. The van der Waals surface area contributed by atoms with Crippen LogP contribution in [0.4, 0.5) is 4.79 Å². The molecule has 138 valence electrons. The first-order chi connectivity index (χ1) is 12.7. The SMILES string of the molecule is O=C(N[C@@H](Cn1ccnc1)c1ccccc1)N1CCOC2(CCCC2)C1. The largest absolute Gasteiger partial charge is 0.371 e. The van der Waals surface area contributed by atoms with Crippen LogP contribution in [0.2, 0.25) is 0 Å². The smallest absolute Gasteiger partial charge is 0.318 e. The number of ether oxygens (including phenoxy) is 1. The zero-order valence-corrected chi connectivity index (χ0v) is 15.0. The number of hydrogen-bond donors (Lipinski definition) is 1. The maximum Gasteiger partial charge on any atom is 0.318 e. The van der Waals surface area contributed by atoms with Crippen molar-refractivity contribution < 1.29 is 9.53 Å². The molecular weight excluding hydrogens is 328 g/mol. The maximum atomic E-state index is 13.0. The van der Waals surface area contributed by atoms with Gasteiger partial charge in [0.1, 0.15) is 0 Å². The van der Waals surface area contributed by atoms with Crippen molar-refractivity contribution in [3.63, 3.8) is 0 Å². The van der Waals surface area contributed by atoms with E-state index in [1.807, 2.05) is 33.9 Å². The third kappa shape index (κ3) is 3.75. The van der Waals surface area contributed by atoms with Gasteiger partial charge in [-0.05, 0) is 18.4 Å². The first-order valence-electron chi connectivity index (χ1n) is 9.44. The Bertz CT molecular complexity index is 711. The van der Waals surface area contributed by atoms with E-state index in [9.17, 15) is 4.79 Å². The van der Waals surface area contributed by atoms with Crippen molar-refractivity contribution in [3.05, 3.63) is 54.6 Å². The van der Waals surface area contributed by atoms with Crippen molar-refractivity contribution in [1.82, 2.24) is 19.8 Å². The highest BCUT2D eigenvalue weighted by atomic mass is 16.5. The molecular formula is C20H26N4O2. The molecule has 1 aliphatic carbocycles. The Labute approximate surface area is 154 Å². The second kappa shape index (κ2) is 7.50. The maximum absolute atomic E-state index is 13.0. The van der Waals surface area contributed by atoms with Crippen LogP contribution in [0.3, 0.4) is 0 Å². The Morgan fingerprint density at radius 3 is 2.81 bits per heavy atom. The first kappa shape index (κ1) is 17.1. The molecule has 2 fully saturated rings. The molecule has 1 N–H and O–H groups in total. The molecule has 1 spiro atoms. The van der Waals surface area contributed by atoms with Gasteiger partial charge >= 0.3 is 6.03 Å². The molecule has 1 saturated heterocycles. The van der Waals surface area contributed by atoms with E-state index >= 15 is 0 Å². The minimum atomic E-state index is -0.109. The van der Waals surface area contributed by atoms with Gasteiger partial charge < -0.3 is 19.5 Å². The molecule has 1 aromatic carbocycles. The highest BCUT2D eigenvalue weighted by molar-refractivity contribution is 5.75. The molecule has 0 unspecified atom stereocenters. The van der Waals surface area contributed by atoms with Gasteiger partial charge in [-0.3, -0.25) is 0 Å². The summed E-state index contributed by atoms with van der Waals surface area (Å²) in [4.78, 5) is 19.0. The van der Waals surface area contributed by atoms with Crippen molar-refractivity contribution in [2.45, 2.75) is 43.9 Å². The first-order valence-corrected chi connectivity index (χ1v) is 9.44. The molecule has 1 aromatic heterocycles. The molecule has 1 atom stereocenters. The predicted octanol–water partition coefficient (Wildman–Crippen LogP) is 2.98. The summed E-state index contributed by atoms with van der Waals surface area (Å²) >= 11 is 0. The Kier molecular flexibility index (Phi) is 4.93. The Morgan fingerprint density at radius 1 is 1.27 bits per heavy atom. The molecule has 2 aromatic rings. The van der Waals surface area contributed by atoms with E-state index in [1.165, 1.54) is 12.8 Å². The van der Waals surface area contributed by atoms with Gasteiger partial charge in [-0.25, -0.2) is 9.78 Å². The van der Waals surface area contributed by atoms with Crippen molar-refractivity contribution in [1.29, 1.82) is 0 Å². The fraction of sp³-hybridized carbons (Fsp3) is 0.500. The molecule has 2 amide bonds. The quantitative estimate of drug-likeness (QED) is 0.918. The number of carbonyl (C=O) groups excluding carboxylic acids is 1. The zero-order valence-electron chi connectivity index (χ0n) is 15.0. The molecule has 26 heavy (non-hydrogen) atoms. The summed E-state index contributed by atoms with van der Waals surface area (Å²) < 4.78 is 8.04. The summed E-state index contributed by atoms with van der Waals surface area (Å²) in [6.07, 6.45) is 9.98. The Hall–Kier alpha value is -2.34. The van der Waals surface area contributed by atoms with Crippen molar-refractivity contribution in [3.8, 4) is 0 Å². The highest BCUT2D eigenvalue weighted by Gasteiger charge is 2.40. The van der Waals surface area contributed by atoms with Gasteiger partial charge in [-0.2, -0.15) is 0 Å². The van der Waals surface area contributed by atoms with Crippen LogP contribution in [0.1, 0.15) is 37.3 Å². The van der Waals surface area contributed by atoms with Crippen LogP contribution >= 0.6 is 0 Å². The zero-order chi connectivity index (χ0) is 17.8. The topological polar surface area (TPSA) is 59.4 Å². The van der Waals surface area contributed by atoms with Gasteiger partial charge in [0, 0.05) is 25.5 Å². The number of aromatic nitrogens is 2. The number of urea groups is 1. The highest BCUT2D eigenvalue weighted by Crippen LogP contribution is 2.35. The standard InChI is InChI=1S/C20H26N4O2/c25-19(24-12-13-26-20(15-24)8-4-5-9-20)22-18(14-23-11-10-21-16-23)17-6-2-1-3-7-17/h1-3,6-7,10-11,16,18H,4-5,8-9,12-15H2,(H,22,25)/t18-/m0/s1. The van der Waals surface area contributed by atoms with Gasteiger partial charge in [0.2, 0.25) is 0 Å². The Morgan fingerprint density at radius 2 is 2.08 bits per heavy atom. The predicted molar refractivity (Wildman–Crippen MR) is 98.7 cm³/mol. The van der Waals surface area contributed by atoms with Crippen LogP contribution in [0.25, 0.3) is 0 Å². The van der Waals surface area contributed by atoms with Crippen LogP contribution in [0, 0.1) is 0 Å². The van der Waals surface area contributed by atoms with Gasteiger partial charge in [-0.1, -0.05) is 43.2 Å². The molecule has 2 heterocycles. The number of nitrogens with zero attached hydrogens (tertiary/aromatic N) is 3. The molecule has 0 radical (unpaired) electrons. The molecule has 6 heteroatoms. The van der Waals surface area contributed by atoms with E-state index in [4.69, 9.17) is 4.74 Å². The van der Waals surface area contributed by atoms with E-state index in [0.717, 1.165) is 18.4 Å². The number of hydrogen-bond acceptors (Lipinski definition) is 3. The lowest BCUT2D eigenvalue weighted by Gasteiger charge is -2.41. The molecule has 4 rings (SSSR count). The number of carbonyl (C=O) groups is 1. The van der Waals surface area contributed by atoms with Crippen LogP contribution in [-0.4, -0.2) is 45.8 Å². The van der Waals surface area contributed by atoms with E-state index in [1.54, 1.807) is 12.5 Å². The lowest BCUT2D eigenvalue weighted by Crippen LogP contribution is -2.55. The second-order valence-electron chi connectivity index (χ2n) is 7.33. The van der Waals surface area contributed by atoms with Crippen LogP contribution < -0.4 is 5.32 Å². The van der Waals surface area contributed by atoms with Crippen molar-refractivity contribution in [2.75, 3.05) is 19.7 Å². The number of nitrogens with one attached hydrogen (secondary N) is 1. The fourth-order valence-corrected chi connectivity index (χ4v) is 4.11. The summed E-state index contributed by atoms with van der Waals surface area (Å²) in [5.41, 5.74) is 0.987. The van der Waals surface area contributed by atoms with Gasteiger partial charge in [0.05, 0.1) is 31.1 Å². The van der Waals surface area contributed by atoms with E-state index in [-0.39, 0.29) is 17.7 Å².